The van der Waals surface area contributed by atoms with E-state index in [2.05, 4.69) is 44.3 Å². The molecule has 1 heterocycles. The predicted molar refractivity (Wildman–Crippen MR) is 89.5 cm³/mol. The number of hydrogen-bond donors (Lipinski definition) is 1. The summed E-state index contributed by atoms with van der Waals surface area (Å²) in [5.41, 5.74) is 2.35. The molecule has 1 aromatic carbocycles. The highest BCUT2D eigenvalue weighted by atomic mass is 79.9. The Morgan fingerprint density at radius 3 is 2.76 bits per heavy atom. The Hall–Kier alpha value is -0.590. The first-order valence-electron chi connectivity index (χ1n) is 7.43. The van der Waals surface area contributed by atoms with Crippen LogP contribution in [0.1, 0.15) is 25.3 Å². The van der Waals surface area contributed by atoms with Gasteiger partial charge in [0.2, 0.25) is 0 Å². The SMILES string of the molecule is CC1CS(=O)(=O)CCN1c1ccc(CNC2CC2)c(Br)c1. The molecular formula is C15H21BrN2O2S. The standard InChI is InChI=1S/C15H21BrN2O2S/c1-11-10-21(19,20)7-6-18(11)14-5-2-12(15(16)8-14)9-17-13-3-4-13/h2,5,8,11,13,17H,3-4,6-7,9-10H2,1H3. The van der Waals surface area contributed by atoms with Crippen LogP contribution in [-0.4, -0.2) is 38.6 Å². The van der Waals surface area contributed by atoms with E-state index in [1.54, 1.807) is 0 Å². The van der Waals surface area contributed by atoms with E-state index in [4.69, 9.17) is 0 Å². The van der Waals surface area contributed by atoms with E-state index in [1.807, 2.05) is 6.92 Å². The maximum absolute atomic E-state index is 11.7. The summed E-state index contributed by atoms with van der Waals surface area (Å²) in [7, 11) is -2.87. The summed E-state index contributed by atoms with van der Waals surface area (Å²) < 4.78 is 24.4. The number of benzene rings is 1. The number of nitrogens with zero attached hydrogens (tertiary/aromatic N) is 1. The van der Waals surface area contributed by atoms with E-state index in [0.29, 0.717) is 12.6 Å². The Bertz CT molecular complexity index is 629. The lowest BCUT2D eigenvalue weighted by molar-refractivity contribution is 0.568. The van der Waals surface area contributed by atoms with Crippen molar-refractivity contribution in [2.45, 2.75) is 38.4 Å². The summed E-state index contributed by atoms with van der Waals surface area (Å²) in [6.45, 7) is 3.44. The molecule has 2 aliphatic rings. The second-order valence-electron chi connectivity index (χ2n) is 6.09. The zero-order valence-electron chi connectivity index (χ0n) is 12.2. The van der Waals surface area contributed by atoms with Crippen LogP contribution < -0.4 is 10.2 Å². The van der Waals surface area contributed by atoms with Crippen molar-refractivity contribution in [1.82, 2.24) is 5.32 Å². The van der Waals surface area contributed by atoms with Crippen LogP contribution in [0.3, 0.4) is 0 Å². The monoisotopic (exact) mass is 372 g/mol. The van der Waals surface area contributed by atoms with Gasteiger partial charge in [-0.05, 0) is 37.5 Å². The van der Waals surface area contributed by atoms with Gasteiger partial charge in [-0.15, -0.1) is 0 Å². The normalized spacial score (nSPS) is 25.0. The third kappa shape index (κ3) is 3.79. The van der Waals surface area contributed by atoms with Gasteiger partial charge in [-0.25, -0.2) is 8.42 Å². The van der Waals surface area contributed by atoms with Crippen LogP contribution in [0.2, 0.25) is 0 Å². The van der Waals surface area contributed by atoms with Crippen LogP contribution in [0.25, 0.3) is 0 Å². The van der Waals surface area contributed by atoms with Crippen LogP contribution in [0.5, 0.6) is 0 Å². The van der Waals surface area contributed by atoms with E-state index in [1.165, 1.54) is 18.4 Å². The third-order valence-electron chi connectivity index (χ3n) is 4.20. The maximum atomic E-state index is 11.7. The first-order chi connectivity index (χ1) is 9.94. The molecule has 1 aliphatic carbocycles. The zero-order chi connectivity index (χ0) is 15.0. The first-order valence-corrected chi connectivity index (χ1v) is 10.0. The minimum Gasteiger partial charge on any atom is -0.367 e. The van der Waals surface area contributed by atoms with Gasteiger partial charge < -0.3 is 10.2 Å². The largest absolute Gasteiger partial charge is 0.367 e. The van der Waals surface area contributed by atoms with Crippen LogP contribution in [0.4, 0.5) is 5.69 Å². The predicted octanol–water partition coefficient (Wildman–Crippen LogP) is 2.32. The molecule has 1 aliphatic heterocycles. The summed E-state index contributed by atoms with van der Waals surface area (Å²) >= 11 is 3.64. The van der Waals surface area contributed by atoms with Gasteiger partial charge in [0.25, 0.3) is 0 Å². The van der Waals surface area contributed by atoms with Crippen molar-refractivity contribution >= 4 is 31.5 Å². The van der Waals surface area contributed by atoms with Crippen molar-refractivity contribution in [2.24, 2.45) is 0 Å². The zero-order valence-corrected chi connectivity index (χ0v) is 14.6. The molecule has 21 heavy (non-hydrogen) atoms. The fraction of sp³-hybridized carbons (Fsp3) is 0.600. The van der Waals surface area contributed by atoms with E-state index in [0.717, 1.165) is 16.7 Å². The van der Waals surface area contributed by atoms with Gasteiger partial charge >= 0.3 is 0 Å². The van der Waals surface area contributed by atoms with Crippen LogP contribution >= 0.6 is 15.9 Å². The Balaban J connectivity index is 1.72. The fourth-order valence-electron chi connectivity index (χ4n) is 2.78. The van der Waals surface area contributed by atoms with Crippen molar-refractivity contribution in [3.63, 3.8) is 0 Å². The highest BCUT2D eigenvalue weighted by Gasteiger charge is 2.28. The van der Waals surface area contributed by atoms with Crippen molar-refractivity contribution < 1.29 is 8.42 Å². The molecule has 1 atom stereocenters. The minimum atomic E-state index is -2.87. The molecule has 1 N–H and O–H groups in total. The lowest BCUT2D eigenvalue weighted by atomic mass is 10.1. The molecule has 0 aromatic heterocycles. The van der Waals surface area contributed by atoms with Crippen LogP contribution in [0, 0.1) is 0 Å². The maximum Gasteiger partial charge on any atom is 0.154 e. The second-order valence-corrected chi connectivity index (χ2v) is 9.17. The number of nitrogens with one attached hydrogen (secondary N) is 1. The minimum absolute atomic E-state index is 0.0334. The van der Waals surface area contributed by atoms with E-state index < -0.39 is 9.84 Å². The first kappa shape index (κ1) is 15.3. The van der Waals surface area contributed by atoms with E-state index >= 15 is 0 Å². The molecule has 1 unspecified atom stereocenters. The summed E-state index contributed by atoms with van der Waals surface area (Å²) in [6, 6.07) is 7.07. The van der Waals surface area contributed by atoms with Gasteiger partial charge in [0.1, 0.15) is 0 Å². The molecule has 2 fully saturated rings. The second kappa shape index (κ2) is 5.89. The molecule has 0 amide bonds. The lowest BCUT2D eigenvalue weighted by Crippen LogP contribution is -2.47. The Morgan fingerprint density at radius 2 is 2.14 bits per heavy atom. The Kier molecular flexibility index (Phi) is 4.30. The highest BCUT2D eigenvalue weighted by Crippen LogP contribution is 2.28. The molecule has 1 saturated carbocycles. The quantitative estimate of drug-likeness (QED) is 0.880. The molecule has 0 radical (unpaired) electrons. The molecule has 3 rings (SSSR count). The number of halogens is 1. The average molecular weight is 373 g/mol. The fourth-order valence-corrected chi connectivity index (χ4v) is 4.85. The van der Waals surface area contributed by atoms with Gasteiger partial charge in [-0.2, -0.15) is 0 Å². The summed E-state index contributed by atoms with van der Waals surface area (Å²) in [4.78, 5) is 2.18. The van der Waals surface area contributed by atoms with Crippen molar-refractivity contribution in [3.8, 4) is 0 Å². The smallest absolute Gasteiger partial charge is 0.154 e. The van der Waals surface area contributed by atoms with Crippen LogP contribution in [-0.2, 0) is 16.4 Å². The summed E-state index contributed by atoms with van der Waals surface area (Å²) in [5.74, 6) is 0.496. The number of hydrogen-bond acceptors (Lipinski definition) is 4. The number of rotatable bonds is 4. The highest BCUT2D eigenvalue weighted by molar-refractivity contribution is 9.10. The molecule has 1 aromatic rings. The van der Waals surface area contributed by atoms with Gasteiger partial charge in [-0.1, -0.05) is 22.0 Å². The average Bonchev–Trinajstić information content (AvgIpc) is 3.20. The molecule has 116 valence electrons. The van der Waals surface area contributed by atoms with E-state index in [9.17, 15) is 8.42 Å². The van der Waals surface area contributed by atoms with Crippen molar-refractivity contribution in [2.75, 3.05) is 23.0 Å². The summed E-state index contributed by atoms with van der Waals surface area (Å²) in [6.07, 6.45) is 2.57. The van der Waals surface area contributed by atoms with Crippen molar-refractivity contribution in [3.05, 3.63) is 28.2 Å². The Morgan fingerprint density at radius 1 is 1.38 bits per heavy atom. The number of anilines is 1. The van der Waals surface area contributed by atoms with Gasteiger partial charge in [0.05, 0.1) is 11.5 Å². The van der Waals surface area contributed by atoms with Crippen molar-refractivity contribution in [1.29, 1.82) is 0 Å². The van der Waals surface area contributed by atoms with Gasteiger partial charge in [-0.3, -0.25) is 0 Å². The molecular weight excluding hydrogens is 352 g/mol. The molecule has 0 bridgehead atoms. The third-order valence-corrected chi connectivity index (χ3v) is 6.73. The Labute approximate surface area is 135 Å². The molecule has 4 nitrogen and oxygen atoms in total. The number of sulfone groups is 1. The lowest BCUT2D eigenvalue weighted by Gasteiger charge is -2.35. The molecule has 6 heteroatoms. The van der Waals surface area contributed by atoms with Gasteiger partial charge in [0, 0.05) is 35.3 Å². The molecule has 1 saturated heterocycles. The van der Waals surface area contributed by atoms with Crippen LogP contribution in [0.15, 0.2) is 22.7 Å². The molecule has 0 spiro atoms. The summed E-state index contributed by atoms with van der Waals surface area (Å²) in [5, 5.41) is 3.51. The van der Waals surface area contributed by atoms with Gasteiger partial charge in [0.15, 0.2) is 9.84 Å². The van der Waals surface area contributed by atoms with E-state index in [-0.39, 0.29) is 17.5 Å². The topological polar surface area (TPSA) is 49.4 Å².